The third-order valence-corrected chi connectivity index (χ3v) is 5.02. The van der Waals surface area contributed by atoms with Crippen LogP contribution in [0, 0.1) is 5.41 Å². The number of nitrogens with zero attached hydrogens (tertiary/aromatic N) is 2. The zero-order chi connectivity index (χ0) is 13.8. The molecule has 2 aromatic rings. The summed E-state index contributed by atoms with van der Waals surface area (Å²) in [6.45, 7) is 4.36. The topological polar surface area (TPSA) is 37.8 Å². The van der Waals surface area contributed by atoms with Gasteiger partial charge in [0.15, 0.2) is 0 Å². The molecule has 1 aliphatic rings. The molecule has 2 aromatic heterocycles. The molecule has 0 spiro atoms. The van der Waals surface area contributed by atoms with Gasteiger partial charge in [-0.2, -0.15) is 0 Å². The van der Waals surface area contributed by atoms with Crippen molar-refractivity contribution in [3.05, 3.63) is 35.5 Å². The van der Waals surface area contributed by atoms with E-state index in [4.69, 9.17) is 0 Å². The zero-order valence-electron chi connectivity index (χ0n) is 11.9. The molecule has 0 atom stereocenters. The average Bonchev–Trinajstić information content (AvgIpc) is 3.10. The second kappa shape index (κ2) is 6.02. The van der Waals surface area contributed by atoms with E-state index in [1.54, 1.807) is 11.3 Å². The predicted octanol–water partition coefficient (Wildman–Crippen LogP) is 3.88. The first-order valence-electron chi connectivity index (χ1n) is 7.32. The Kier molecular flexibility index (Phi) is 4.13. The van der Waals surface area contributed by atoms with Gasteiger partial charge in [0, 0.05) is 24.7 Å². The molecule has 0 unspecified atom stereocenters. The van der Waals surface area contributed by atoms with Gasteiger partial charge < -0.3 is 5.32 Å². The average molecular weight is 287 g/mol. The molecular formula is C16H21N3S. The first-order valence-corrected chi connectivity index (χ1v) is 8.20. The largest absolute Gasteiger partial charge is 0.311 e. The maximum Gasteiger partial charge on any atom is 0.142 e. The van der Waals surface area contributed by atoms with Crippen molar-refractivity contribution in [1.29, 1.82) is 0 Å². The molecule has 2 heterocycles. The van der Waals surface area contributed by atoms with Crippen LogP contribution in [0.5, 0.6) is 0 Å². The van der Waals surface area contributed by atoms with E-state index in [1.165, 1.54) is 25.7 Å². The van der Waals surface area contributed by atoms with E-state index in [0.29, 0.717) is 5.41 Å². The van der Waals surface area contributed by atoms with Crippen molar-refractivity contribution in [3.8, 4) is 10.7 Å². The Morgan fingerprint density at radius 2 is 2.15 bits per heavy atom. The Hall–Kier alpha value is -1.26. The summed E-state index contributed by atoms with van der Waals surface area (Å²) in [7, 11) is 0. The number of nitrogens with one attached hydrogen (secondary N) is 1. The van der Waals surface area contributed by atoms with Gasteiger partial charge in [-0.15, -0.1) is 11.3 Å². The van der Waals surface area contributed by atoms with E-state index in [2.05, 4.69) is 27.6 Å². The third kappa shape index (κ3) is 3.25. The minimum absolute atomic E-state index is 0.500. The van der Waals surface area contributed by atoms with Crippen molar-refractivity contribution in [2.75, 3.05) is 6.54 Å². The lowest BCUT2D eigenvalue weighted by atomic mass is 9.89. The molecule has 0 radical (unpaired) electrons. The standard InChI is InChI=1S/C16H21N3S/c1-16(7-3-4-8-16)12-17-10-13-11-20-15(19-13)14-6-2-5-9-18-14/h2,5-6,9,11,17H,3-4,7-8,10,12H2,1H3. The van der Waals surface area contributed by atoms with Crippen LogP contribution < -0.4 is 5.32 Å². The summed E-state index contributed by atoms with van der Waals surface area (Å²) in [4.78, 5) is 9.01. The van der Waals surface area contributed by atoms with Crippen molar-refractivity contribution < 1.29 is 0 Å². The lowest BCUT2D eigenvalue weighted by Crippen LogP contribution is -2.29. The van der Waals surface area contributed by atoms with Crippen molar-refractivity contribution >= 4 is 11.3 Å². The minimum Gasteiger partial charge on any atom is -0.311 e. The Labute approximate surface area is 124 Å². The number of aromatic nitrogens is 2. The quantitative estimate of drug-likeness (QED) is 0.907. The molecule has 3 nitrogen and oxygen atoms in total. The Morgan fingerprint density at radius 3 is 2.90 bits per heavy atom. The van der Waals surface area contributed by atoms with Crippen LogP contribution in [0.2, 0.25) is 0 Å². The summed E-state index contributed by atoms with van der Waals surface area (Å²) in [5, 5.41) is 6.71. The third-order valence-electron chi connectivity index (χ3n) is 4.10. The van der Waals surface area contributed by atoms with Crippen LogP contribution in [0.4, 0.5) is 0 Å². The van der Waals surface area contributed by atoms with E-state index < -0.39 is 0 Å². The molecule has 1 fully saturated rings. The molecule has 1 aliphatic carbocycles. The fraction of sp³-hybridized carbons (Fsp3) is 0.500. The van der Waals surface area contributed by atoms with Gasteiger partial charge in [-0.05, 0) is 30.4 Å². The fourth-order valence-corrected chi connectivity index (χ4v) is 3.69. The summed E-state index contributed by atoms with van der Waals surface area (Å²) >= 11 is 1.67. The number of rotatable bonds is 5. The van der Waals surface area contributed by atoms with Crippen LogP contribution in [-0.4, -0.2) is 16.5 Å². The molecule has 0 saturated heterocycles. The van der Waals surface area contributed by atoms with Crippen LogP contribution in [0.1, 0.15) is 38.3 Å². The highest BCUT2D eigenvalue weighted by Crippen LogP contribution is 2.36. The summed E-state index contributed by atoms with van der Waals surface area (Å²) in [6.07, 6.45) is 7.31. The molecule has 4 heteroatoms. The lowest BCUT2D eigenvalue weighted by Gasteiger charge is -2.23. The van der Waals surface area contributed by atoms with E-state index in [-0.39, 0.29) is 0 Å². The van der Waals surface area contributed by atoms with Crippen LogP contribution in [0.15, 0.2) is 29.8 Å². The van der Waals surface area contributed by atoms with E-state index in [0.717, 1.165) is 29.5 Å². The molecule has 0 bridgehead atoms. The van der Waals surface area contributed by atoms with Gasteiger partial charge in [-0.1, -0.05) is 25.8 Å². The van der Waals surface area contributed by atoms with E-state index in [9.17, 15) is 0 Å². The molecule has 106 valence electrons. The van der Waals surface area contributed by atoms with Gasteiger partial charge in [-0.3, -0.25) is 4.98 Å². The summed E-state index contributed by atoms with van der Waals surface area (Å²) in [5.74, 6) is 0. The molecule has 20 heavy (non-hydrogen) atoms. The molecule has 0 aliphatic heterocycles. The maximum absolute atomic E-state index is 4.66. The van der Waals surface area contributed by atoms with Gasteiger partial charge in [0.25, 0.3) is 0 Å². The summed E-state index contributed by atoms with van der Waals surface area (Å²) < 4.78 is 0. The lowest BCUT2D eigenvalue weighted by molar-refractivity contribution is 0.314. The number of thiazole rings is 1. The molecule has 3 rings (SSSR count). The van der Waals surface area contributed by atoms with E-state index in [1.807, 2.05) is 24.4 Å². The van der Waals surface area contributed by atoms with Crippen molar-refractivity contribution in [2.24, 2.45) is 5.41 Å². The van der Waals surface area contributed by atoms with Crippen LogP contribution in [0.25, 0.3) is 10.7 Å². The number of hydrogen-bond donors (Lipinski definition) is 1. The Bertz CT molecular complexity index is 544. The second-order valence-corrected chi connectivity index (χ2v) is 6.84. The Morgan fingerprint density at radius 1 is 1.30 bits per heavy atom. The number of pyridine rings is 1. The fourth-order valence-electron chi connectivity index (χ4n) is 2.89. The summed E-state index contributed by atoms with van der Waals surface area (Å²) in [6, 6.07) is 5.94. The normalized spacial score (nSPS) is 17.4. The highest BCUT2D eigenvalue weighted by Gasteiger charge is 2.27. The van der Waals surface area contributed by atoms with Gasteiger partial charge >= 0.3 is 0 Å². The number of hydrogen-bond acceptors (Lipinski definition) is 4. The first-order chi connectivity index (χ1) is 9.75. The SMILES string of the molecule is CC1(CNCc2csc(-c3ccccn3)n2)CCCC1. The van der Waals surface area contributed by atoms with Gasteiger partial charge in [0.2, 0.25) is 0 Å². The first kappa shape index (κ1) is 13.7. The van der Waals surface area contributed by atoms with E-state index >= 15 is 0 Å². The minimum atomic E-state index is 0.500. The molecule has 0 amide bonds. The van der Waals surface area contributed by atoms with Crippen LogP contribution >= 0.6 is 11.3 Å². The highest BCUT2D eigenvalue weighted by atomic mass is 32.1. The predicted molar refractivity (Wildman–Crippen MR) is 83.6 cm³/mol. The highest BCUT2D eigenvalue weighted by molar-refractivity contribution is 7.13. The van der Waals surface area contributed by atoms with Crippen LogP contribution in [-0.2, 0) is 6.54 Å². The second-order valence-electron chi connectivity index (χ2n) is 5.98. The monoisotopic (exact) mass is 287 g/mol. The van der Waals surface area contributed by atoms with Crippen molar-refractivity contribution in [2.45, 2.75) is 39.2 Å². The molecule has 1 N–H and O–H groups in total. The van der Waals surface area contributed by atoms with Crippen molar-refractivity contribution in [3.63, 3.8) is 0 Å². The smallest absolute Gasteiger partial charge is 0.142 e. The van der Waals surface area contributed by atoms with Crippen LogP contribution in [0.3, 0.4) is 0 Å². The zero-order valence-corrected chi connectivity index (χ0v) is 12.7. The van der Waals surface area contributed by atoms with Crippen molar-refractivity contribution in [1.82, 2.24) is 15.3 Å². The maximum atomic E-state index is 4.66. The van der Waals surface area contributed by atoms with Gasteiger partial charge in [0.05, 0.1) is 11.4 Å². The molecular weight excluding hydrogens is 266 g/mol. The molecule has 1 saturated carbocycles. The van der Waals surface area contributed by atoms with Gasteiger partial charge in [-0.25, -0.2) is 4.98 Å². The molecule has 0 aromatic carbocycles. The van der Waals surface area contributed by atoms with Gasteiger partial charge in [0.1, 0.15) is 5.01 Å². The summed E-state index contributed by atoms with van der Waals surface area (Å²) in [5.41, 5.74) is 2.59. The Balaban J connectivity index is 1.55.